The standard InChI is InChI=1S/C17H26N2O4S/c1-4-14(2)15-5-7-16(8-6-15)24(21,22)19-11-9-18(10-12-19)17(20)13-23-3/h5-8,14H,4,9-13H2,1-3H3. The molecule has 0 saturated carbocycles. The van der Waals surface area contributed by atoms with Crippen LogP contribution in [0.5, 0.6) is 0 Å². The summed E-state index contributed by atoms with van der Waals surface area (Å²) in [5.41, 5.74) is 1.14. The van der Waals surface area contributed by atoms with Crippen LogP contribution in [0.2, 0.25) is 0 Å². The highest BCUT2D eigenvalue weighted by Crippen LogP contribution is 2.23. The Hall–Kier alpha value is -1.44. The van der Waals surface area contributed by atoms with Gasteiger partial charge in [-0.25, -0.2) is 8.42 Å². The van der Waals surface area contributed by atoms with Crippen molar-refractivity contribution in [2.75, 3.05) is 39.9 Å². The summed E-state index contributed by atoms with van der Waals surface area (Å²) in [6, 6.07) is 7.14. The molecule has 0 N–H and O–H groups in total. The number of sulfonamides is 1. The Kier molecular flexibility index (Phi) is 6.37. The molecular formula is C17H26N2O4S. The molecule has 134 valence electrons. The van der Waals surface area contributed by atoms with Crippen molar-refractivity contribution in [1.82, 2.24) is 9.21 Å². The van der Waals surface area contributed by atoms with E-state index in [0.29, 0.717) is 37.0 Å². The maximum absolute atomic E-state index is 12.7. The summed E-state index contributed by atoms with van der Waals surface area (Å²) in [5.74, 6) is 0.310. The lowest BCUT2D eigenvalue weighted by atomic mass is 9.99. The largest absolute Gasteiger partial charge is 0.375 e. The van der Waals surface area contributed by atoms with Crippen LogP contribution in [0.15, 0.2) is 29.2 Å². The van der Waals surface area contributed by atoms with Gasteiger partial charge in [-0.2, -0.15) is 4.31 Å². The van der Waals surface area contributed by atoms with Gasteiger partial charge >= 0.3 is 0 Å². The summed E-state index contributed by atoms with van der Waals surface area (Å²) < 4.78 is 31.8. The first-order chi connectivity index (χ1) is 11.4. The van der Waals surface area contributed by atoms with Gasteiger partial charge in [0.25, 0.3) is 0 Å². The van der Waals surface area contributed by atoms with Crippen LogP contribution in [-0.2, 0) is 19.6 Å². The minimum absolute atomic E-state index is 0.0316. The lowest BCUT2D eigenvalue weighted by Crippen LogP contribution is -2.51. The Morgan fingerprint density at radius 1 is 1.17 bits per heavy atom. The number of rotatable bonds is 6. The van der Waals surface area contributed by atoms with Crippen molar-refractivity contribution in [2.45, 2.75) is 31.1 Å². The summed E-state index contributed by atoms with van der Waals surface area (Å²) >= 11 is 0. The van der Waals surface area contributed by atoms with Gasteiger partial charge in [-0.15, -0.1) is 0 Å². The predicted molar refractivity (Wildman–Crippen MR) is 92.4 cm³/mol. The third-order valence-electron chi connectivity index (χ3n) is 4.56. The number of hydrogen-bond acceptors (Lipinski definition) is 4. The van der Waals surface area contributed by atoms with Gasteiger partial charge in [0.2, 0.25) is 15.9 Å². The number of ether oxygens (including phenoxy) is 1. The first-order valence-electron chi connectivity index (χ1n) is 8.27. The molecule has 1 aliphatic rings. The van der Waals surface area contributed by atoms with E-state index in [1.165, 1.54) is 11.4 Å². The molecule has 0 radical (unpaired) electrons. The summed E-state index contributed by atoms with van der Waals surface area (Å²) in [7, 11) is -2.03. The summed E-state index contributed by atoms with van der Waals surface area (Å²) in [4.78, 5) is 13.7. The molecule has 0 bridgehead atoms. The van der Waals surface area contributed by atoms with E-state index in [-0.39, 0.29) is 12.5 Å². The van der Waals surface area contributed by atoms with E-state index in [2.05, 4.69) is 13.8 Å². The van der Waals surface area contributed by atoms with Gasteiger partial charge in [-0.05, 0) is 30.0 Å². The Bertz CT molecular complexity index is 650. The van der Waals surface area contributed by atoms with Crippen LogP contribution in [-0.4, -0.2) is 63.4 Å². The zero-order valence-electron chi connectivity index (χ0n) is 14.6. The van der Waals surface area contributed by atoms with Crippen LogP contribution < -0.4 is 0 Å². The van der Waals surface area contributed by atoms with Crippen molar-refractivity contribution in [3.05, 3.63) is 29.8 Å². The number of methoxy groups -OCH3 is 1. The van der Waals surface area contributed by atoms with Gasteiger partial charge in [0, 0.05) is 33.3 Å². The monoisotopic (exact) mass is 354 g/mol. The highest BCUT2D eigenvalue weighted by molar-refractivity contribution is 7.89. The predicted octanol–water partition coefficient (Wildman–Crippen LogP) is 1.68. The molecule has 1 aromatic rings. The average Bonchev–Trinajstić information content (AvgIpc) is 2.61. The normalized spacial score (nSPS) is 17.7. The molecule has 2 rings (SSSR count). The molecule has 1 fully saturated rings. The van der Waals surface area contributed by atoms with E-state index in [9.17, 15) is 13.2 Å². The molecule has 0 aromatic heterocycles. The quantitative estimate of drug-likeness (QED) is 0.779. The SMILES string of the molecule is CCC(C)c1ccc(S(=O)(=O)N2CCN(C(=O)COC)CC2)cc1. The first kappa shape index (κ1) is 18.9. The molecule has 1 aromatic carbocycles. The Morgan fingerprint density at radius 2 is 1.75 bits per heavy atom. The smallest absolute Gasteiger partial charge is 0.248 e. The molecule has 6 nitrogen and oxygen atoms in total. The van der Waals surface area contributed by atoms with E-state index in [4.69, 9.17) is 4.74 Å². The van der Waals surface area contributed by atoms with Gasteiger partial charge in [-0.1, -0.05) is 26.0 Å². The molecule has 1 saturated heterocycles. The lowest BCUT2D eigenvalue weighted by molar-refractivity contribution is -0.136. The second-order valence-corrected chi connectivity index (χ2v) is 8.03. The van der Waals surface area contributed by atoms with Gasteiger partial charge in [0.15, 0.2) is 0 Å². The number of piperazine rings is 1. The van der Waals surface area contributed by atoms with Gasteiger partial charge in [-0.3, -0.25) is 4.79 Å². The van der Waals surface area contributed by atoms with Crippen molar-refractivity contribution in [1.29, 1.82) is 0 Å². The molecular weight excluding hydrogens is 328 g/mol. The van der Waals surface area contributed by atoms with Crippen molar-refractivity contribution in [3.63, 3.8) is 0 Å². The van der Waals surface area contributed by atoms with Crippen LogP contribution in [0, 0.1) is 0 Å². The Labute approximate surface area is 144 Å². The van der Waals surface area contributed by atoms with Crippen LogP contribution >= 0.6 is 0 Å². The maximum Gasteiger partial charge on any atom is 0.248 e. The zero-order valence-corrected chi connectivity index (χ0v) is 15.4. The summed E-state index contributed by atoms with van der Waals surface area (Å²) in [6.07, 6.45) is 1.02. The molecule has 1 atom stereocenters. The topological polar surface area (TPSA) is 66.9 Å². The third kappa shape index (κ3) is 4.15. The molecule has 0 spiro atoms. The number of benzene rings is 1. The van der Waals surface area contributed by atoms with Crippen molar-refractivity contribution >= 4 is 15.9 Å². The molecule has 1 amide bonds. The average molecular weight is 354 g/mol. The van der Waals surface area contributed by atoms with E-state index >= 15 is 0 Å². The van der Waals surface area contributed by atoms with E-state index in [1.807, 2.05) is 12.1 Å². The molecule has 1 heterocycles. The van der Waals surface area contributed by atoms with Gasteiger partial charge < -0.3 is 9.64 Å². The minimum atomic E-state index is -3.51. The van der Waals surface area contributed by atoms with Crippen LogP contribution in [0.1, 0.15) is 31.7 Å². The number of nitrogens with zero attached hydrogens (tertiary/aromatic N) is 2. The van der Waals surface area contributed by atoms with E-state index in [1.54, 1.807) is 17.0 Å². The van der Waals surface area contributed by atoms with Crippen molar-refractivity contribution in [3.8, 4) is 0 Å². The molecule has 1 unspecified atom stereocenters. The molecule has 0 aliphatic carbocycles. The van der Waals surface area contributed by atoms with Crippen molar-refractivity contribution < 1.29 is 17.9 Å². The highest BCUT2D eigenvalue weighted by Gasteiger charge is 2.30. The first-order valence-corrected chi connectivity index (χ1v) is 9.71. The summed E-state index contributed by atoms with van der Waals surface area (Å²) in [6.45, 7) is 5.68. The molecule has 1 aliphatic heterocycles. The zero-order chi connectivity index (χ0) is 17.7. The summed E-state index contributed by atoms with van der Waals surface area (Å²) in [5, 5.41) is 0. The lowest BCUT2D eigenvalue weighted by Gasteiger charge is -2.33. The second kappa shape index (κ2) is 8.09. The minimum Gasteiger partial charge on any atom is -0.375 e. The number of carbonyl (C=O) groups excluding carboxylic acids is 1. The fourth-order valence-electron chi connectivity index (χ4n) is 2.75. The highest BCUT2D eigenvalue weighted by atomic mass is 32.2. The Morgan fingerprint density at radius 3 is 2.25 bits per heavy atom. The van der Waals surface area contributed by atoms with Crippen LogP contribution in [0.3, 0.4) is 0 Å². The fourth-order valence-corrected chi connectivity index (χ4v) is 4.17. The van der Waals surface area contributed by atoms with Crippen molar-refractivity contribution in [2.24, 2.45) is 0 Å². The van der Waals surface area contributed by atoms with E-state index < -0.39 is 10.0 Å². The van der Waals surface area contributed by atoms with Gasteiger partial charge in [0.1, 0.15) is 6.61 Å². The van der Waals surface area contributed by atoms with Crippen LogP contribution in [0.25, 0.3) is 0 Å². The maximum atomic E-state index is 12.7. The second-order valence-electron chi connectivity index (χ2n) is 6.10. The van der Waals surface area contributed by atoms with Gasteiger partial charge in [0.05, 0.1) is 4.90 Å². The fraction of sp³-hybridized carbons (Fsp3) is 0.588. The van der Waals surface area contributed by atoms with E-state index in [0.717, 1.165) is 12.0 Å². The Balaban J connectivity index is 2.05. The van der Waals surface area contributed by atoms with Crippen LogP contribution in [0.4, 0.5) is 0 Å². The third-order valence-corrected chi connectivity index (χ3v) is 6.47. The number of hydrogen-bond donors (Lipinski definition) is 0. The number of carbonyl (C=O) groups is 1. The molecule has 24 heavy (non-hydrogen) atoms. The molecule has 7 heteroatoms. The number of amides is 1.